The first-order chi connectivity index (χ1) is 12.2. The minimum atomic E-state index is -0.101. The summed E-state index contributed by atoms with van der Waals surface area (Å²) in [6, 6.07) is 11.1. The van der Waals surface area contributed by atoms with Crippen molar-refractivity contribution >= 4 is 28.8 Å². The SMILES string of the molecule is O=C(CCCNC(=O)c1ccsc1)Nc1ccc(-n2cccn2)cc1. The van der Waals surface area contributed by atoms with Crippen LogP contribution in [0.15, 0.2) is 59.6 Å². The molecule has 2 N–H and O–H groups in total. The Bertz CT molecular complexity index is 811. The lowest BCUT2D eigenvalue weighted by atomic mass is 10.2. The number of benzene rings is 1. The van der Waals surface area contributed by atoms with Crippen LogP contribution in [0.25, 0.3) is 5.69 Å². The van der Waals surface area contributed by atoms with Gasteiger partial charge in [0.1, 0.15) is 0 Å². The van der Waals surface area contributed by atoms with Crippen LogP contribution in [0, 0.1) is 0 Å². The molecular formula is C18H18N4O2S. The summed E-state index contributed by atoms with van der Waals surface area (Å²) in [7, 11) is 0. The maximum atomic E-state index is 12.0. The van der Waals surface area contributed by atoms with E-state index in [1.807, 2.05) is 41.9 Å². The van der Waals surface area contributed by atoms with E-state index in [9.17, 15) is 9.59 Å². The zero-order valence-electron chi connectivity index (χ0n) is 13.5. The Kier molecular flexibility index (Phi) is 5.58. The molecule has 0 atom stereocenters. The number of hydrogen-bond acceptors (Lipinski definition) is 4. The molecule has 0 spiro atoms. The van der Waals surface area contributed by atoms with Crippen molar-refractivity contribution in [3.05, 3.63) is 65.1 Å². The molecule has 128 valence electrons. The van der Waals surface area contributed by atoms with Crippen molar-refractivity contribution in [1.29, 1.82) is 0 Å². The second-order valence-corrected chi connectivity index (χ2v) is 6.20. The minimum absolute atomic E-state index is 0.0726. The number of carbonyl (C=O) groups is 2. The van der Waals surface area contributed by atoms with E-state index in [0.717, 1.165) is 11.4 Å². The van der Waals surface area contributed by atoms with Gasteiger partial charge in [0.05, 0.1) is 5.69 Å². The number of aromatic nitrogens is 2. The van der Waals surface area contributed by atoms with Gasteiger partial charge in [0, 0.05) is 42.0 Å². The zero-order valence-corrected chi connectivity index (χ0v) is 14.3. The molecule has 7 heteroatoms. The van der Waals surface area contributed by atoms with Crippen molar-refractivity contribution in [1.82, 2.24) is 15.1 Å². The van der Waals surface area contributed by atoms with Gasteiger partial charge in [0.2, 0.25) is 5.91 Å². The van der Waals surface area contributed by atoms with Crippen molar-refractivity contribution in [2.75, 3.05) is 11.9 Å². The molecule has 0 fully saturated rings. The van der Waals surface area contributed by atoms with Crippen LogP contribution in [0.5, 0.6) is 0 Å². The molecule has 0 radical (unpaired) electrons. The zero-order chi connectivity index (χ0) is 17.5. The summed E-state index contributed by atoms with van der Waals surface area (Å²) in [6.45, 7) is 0.473. The molecule has 2 aromatic heterocycles. The highest BCUT2D eigenvalue weighted by molar-refractivity contribution is 7.08. The summed E-state index contributed by atoms with van der Waals surface area (Å²) in [5, 5.41) is 13.5. The molecule has 0 aliphatic carbocycles. The Hall–Kier alpha value is -2.93. The fourth-order valence-corrected chi connectivity index (χ4v) is 2.93. The van der Waals surface area contributed by atoms with Crippen LogP contribution >= 0.6 is 11.3 Å². The lowest BCUT2D eigenvalue weighted by Crippen LogP contribution is -2.25. The van der Waals surface area contributed by atoms with Gasteiger partial charge in [-0.15, -0.1) is 0 Å². The number of carbonyl (C=O) groups excluding carboxylic acids is 2. The fraction of sp³-hybridized carbons (Fsp3) is 0.167. The first-order valence-electron chi connectivity index (χ1n) is 7.93. The molecule has 3 aromatic rings. The number of thiophene rings is 1. The van der Waals surface area contributed by atoms with E-state index in [1.54, 1.807) is 22.3 Å². The van der Waals surface area contributed by atoms with Gasteiger partial charge in [0.25, 0.3) is 5.91 Å². The van der Waals surface area contributed by atoms with Gasteiger partial charge in [-0.2, -0.15) is 16.4 Å². The van der Waals surface area contributed by atoms with Crippen LogP contribution in [-0.2, 0) is 4.79 Å². The van der Waals surface area contributed by atoms with Gasteiger partial charge in [-0.25, -0.2) is 4.68 Å². The molecule has 2 heterocycles. The van der Waals surface area contributed by atoms with Crippen LogP contribution in [0.1, 0.15) is 23.2 Å². The first-order valence-corrected chi connectivity index (χ1v) is 8.87. The van der Waals surface area contributed by atoms with Crippen molar-refractivity contribution in [2.45, 2.75) is 12.8 Å². The summed E-state index contributed by atoms with van der Waals surface area (Å²) in [5.74, 6) is -0.174. The number of rotatable bonds is 7. The average molecular weight is 354 g/mol. The maximum absolute atomic E-state index is 12.0. The normalized spacial score (nSPS) is 10.4. The standard InChI is InChI=1S/C18H18N4O2S/c23-17(3-1-9-19-18(24)14-8-12-25-13-14)21-15-4-6-16(7-5-15)22-11-2-10-20-22/h2,4-8,10-13H,1,3,9H2,(H,19,24)(H,21,23). The minimum Gasteiger partial charge on any atom is -0.352 e. The van der Waals surface area contributed by atoms with Crippen LogP contribution < -0.4 is 10.6 Å². The van der Waals surface area contributed by atoms with E-state index < -0.39 is 0 Å². The largest absolute Gasteiger partial charge is 0.352 e. The van der Waals surface area contributed by atoms with Gasteiger partial charge >= 0.3 is 0 Å². The molecule has 6 nitrogen and oxygen atoms in total. The van der Waals surface area contributed by atoms with Crippen molar-refractivity contribution in [2.24, 2.45) is 0 Å². The lowest BCUT2D eigenvalue weighted by Gasteiger charge is -2.07. The van der Waals surface area contributed by atoms with E-state index in [0.29, 0.717) is 24.9 Å². The van der Waals surface area contributed by atoms with Crippen molar-refractivity contribution < 1.29 is 9.59 Å². The number of hydrogen-bond donors (Lipinski definition) is 2. The Balaban J connectivity index is 1.40. The summed E-state index contributed by atoms with van der Waals surface area (Å²) in [4.78, 5) is 23.7. The molecule has 0 saturated carbocycles. The van der Waals surface area contributed by atoms with E-state index in [2.05, 4.69) is 15.7 Å². The monoisotopic (exact) mass is 354 g/mol. The van der Waals surface area contributed by atoms with E-state index in [-0.39, 0.29) is 11.8 Å². The molecule has 2 amide bonds. The lowest BCUT2D eigenvalue weighted by molar-refractivity contribution is -0.116. The highest BCUT2D eigenvalue weighted by Gasteiger charge is 2.06. The third kappa shape index (κ3) is 4.77. The highest BCUT2D eigenvalue weighted by Crippen LogP contribution is 2.13. The quantitative estimate of drug-likeness (QED) is 0.640. The molecule has 3 rings (SSSR count). The third-order valence-corrected chi connectivity index (χ3v) is 4.25. The summed E-state index contributed by atoms with van der Waals surface area (Å²) < 4.78 is 1.75. The van der Waals surface area contributed by atoms with Gasteiger partial charge < -0.3 is 10.6 Å². The number of amides is 2. The van der Waals surface area contributed by atoms with E-state index in [1.165, 1.54) is 11.3 Å². The predicted molar refractivity (Wildman–Crippen MR) is 98.1 cm³/mol. The van der Waals surface area contributed by atoms with Crippen LogP contribution in [0.4, 0.5) is 5.69 Å². The topological polar surface area (TPSA) is 76.0 Å². The Labute approximate surface area is 149 Å². The maximum Gasteiger partial charge on any atom is 0.252 e. The van der Waals surface area contributed by atoms with E-state index in [4.69, 9.17) is 0 Å². The van der Waals surface area contributed by atoms with Gasteiger partial charge in [-0.1, -0.05) is 0 Å². The molecular weight excluding hydrogens is 336 g/mol. The molecule has 25 heavy (non-hydrogen) atoms. The number of nitrogens with one attached hydrogen (secondary N) is 2. The molecule has 0 aliphatic rings. The van der Waals surface area contributed by atoms with Gasteiger partial charge in [0.15, 0.2) is 0 Å². The Morgan fingerprint density at radius 1 is 1.16 bits per heavy atom. The second-order valence-electron chi connectivity index (χ2n) is 5.42. The van der Waals surface area contributed by atoms with Gasteiger partial charge in [-0.05, 0) is 48.2 Å². The second kappa shape index (κ2) is 8.25. The molecule has 0 saturated heterocycles. The van der Waals surface area contributed by atoms with Crippen LogP contribution in [-0.4, -0.2) is 28.1 Å². The predicted octanol–water partition coefficient (Wildman–Crippen LogP) is 3.08. The van der Waals surface area contributed by atoms with Gasteiger partial charge in [-0.3, -0.25) is 9.59 Å². The van der Waals surface area contributed by atoms with Crippen LogP contribution in [0.2, 0.25) is 0 Å². The fourth-order valence-electron chi connectivity index (χ4n) is 2.29. The highest BCUT2D eigenvalue weighted by atomic mass is 32.1. The van der Waals surface area contributed by atoms with Crippen molar-refractivity contribution in [3.63, 3.8) is 0 Å². The Morgan fingerprint density at radius 3 is 2.68 bits per heavy atom. The molecule has 0 aliphatic heterocycles. The number of nitrogens with zero attached hydrogens (tertiary/aromatic N) is 2. The summed E-state index contributed by atoms with van der Waals surface area (Å²) >= 11 is 1.48. The van der Waals surface area contributed by atoms with Crippen LogP contribution in [0.3, 0.4) is 0 Å². The molecule has 1 aromatic carbocycles. The Morgan fingerprint density at radius 2 is 2.00 bits per heavy atom. The third-order valence-electron chi connectivity index (χ3n) is 3.57. The smallest absolute Gasteiger partial charge is 0.252 e. The van der Waals surface area contributed by atoms with E-state index >= 15 is 0 Å². The van der Waals surface area contributed by atoms with Crippen molar-refractivity contribution in [3.8, 4) is 5.69 Å². The molecule has 0 bridgehead atoms. The number of anilines is 1. The summed E-state index contributed by atoms with van der Waals surface area (Å²) in [6.07, 6.45) is 4.52. The summed E-state index contributed by atoms with van der Waals surface area (Å²) in [5.41, 5.74) is 2.33. The average Bonchev–Trinajstić information content (AvgIpc) is 3.32. The molecule has 0 unspecified atom stereocenters. The first kappa shape index (κ1) is 16.9.